The molecule has 0 aliphatic carbocycles. The molecule has 1 aliphatic heterocycles. The van der Waals surface area contributed by atoms with Crippen molar-refractivity contribution in [3.63, 3.8) is 0 Å². The average molecular weight is 436 g/mol. The Kier molecular flexibility index (Phi) is 9.18. The van der Waals surface area contributed by atoms with E-state index in [1.807, 2.05) is 6.07 Å². The van der Waals surface area contributed by atoms with E-state index in [0.29, 0.717) is 22.4 Å². The van der Waals surface area contributed by atoms with E-state index < -0.39 is 0 Å². The fourth-order valence-electron chi connectivity index (χ4n) is 3.28. The number of halogens is 4. The lowest BCUT2D eigenvalue weighted by molar-refractivity contribution is 0.412. The summed E-state index contributed by atoms with van der Waals surface area (Å²) in [5, 5.41) is 1.13. The molecule has 0 saturated carbocycles. The first-order chi connectivity index (χ1) is 11.7. The van der Waals surface area contributed by atoms with Crippen LogP contribution in [-0.4, -0.2) is 24.4 Å². The number of rotatable bonds is 5. The number of nitrogens with zero attached hydrogens (tertiary/aromatic N) is 2. The molecule has 1 aromatic carbocycles. The Labute approximate surface area is 177 Å². The molecular formula is C19H22Cl4N2O. The number of ether oxygens (including phenoxy) is 1. The van der Waals surface area contributed by atoms with Crippen LogP contribution in [0.15, 0.2) is 35.6 Å². The Morgan fingerprint density at radius 2 is 1.85 bits per heavy atom. The summed E-state index contributed by atoms with van der Waals surface area (Å²) in [6.07, 6.45) is 6.07. The average Bonchev–Trinajstić information content (AvgIpc) is 2.59. The summed E-state index contributed by atoms with van der Waals surface area (Å²) >= 11 is 12.6. The Bertz CT molecular complexity index is 760. The van der Waals surface area contributed by atoms with Gasteiger partial charge in [-0.2, -0.15) is 0 Å². The van der Waals surface area contributed by atoms with Gasteiger partial charge in [0, 0.05) is 36.8 Å². The molecule has 0 saturated heterocycles. The Morgan fingerprint density at radius 1 is 1.15 bits per heavy atom. The van der Waals surface area contributed by atoms with Crippen LogP contribution in [0.5, 0.6) is 5.75 Å². The summed E-state index contributed by atoms with van der Waals surface area (Å²) in [4.78, 5) is 8.88. The summed E-state index contributed by atoms with van der Waals surface area (Å²) in [7, 11) is 1.70. The Hall–Kier alpha value is -1.000. The number of aromatic nitrogens is 1. The highest BCUT2D eigenvalue weighted by atomic mass is 35.5. The number of hydrogen-bond donors (Lipinski definition) is 0. The maximum atomic E-state index is 6.29. The molecule has 7 heteroatoms. The predicted octanol–water partition coefficient (Wildman–Crippen LogP) is 6.17. The zero-order chi connectivity index (χ0) is 17.1. The van der Waals surface area contributed by atoms with E-state index in [2.05, 4.69) is 24.0 Å². The van der Waals surface area contributed by atoms with Gasteiger partial charge in [-0.15, -0.1) is 24.8 Å². The van der Waals surface area contributed by atoms with Gasteiger partial charge >= 0.3 is 0 Å². The minimum Gasteiger partial charge on any atom is -0.496 e. The first-order valence-electron chi connectivity index (χ1n) is 8.14. The van der Waals surface area contributed by atoms with Crippen molar-refractivity contribution in [2.45, 2.75) is 32.1 Å². The third-order valence-corrected chi connectivity index (χ3v) is 5.09. The predicted molar refractivity (Wildman–Crippen MR) is 115 cm³/mol. The summed E-state index contributed by atoms with van der Waals surface area (Å²) < 4.78 is 5.61. The van der Waals surface area contributed by atoms with Gasteiger partial charge in [0.1, 0.15) is 5.75 Å². The maximum Gasteiger partial charge on any atom is 0.128 e. The highest BCUT2D eigenvalue weighted by Gasteiger charge is 2.26. The van der Waals surface area contributed by atoms with Gasteiger partial charge in [-0.1, -0.05) is 48.7 Å². The van der Waals surface area contributed by atoms with Crippen LogP contribution >= 0.6 is 48.0 Å². The highest BCUT2D eigenvalue weighted by molar-refractivity contribution is 6.36. The molecule has 142 valence electrons. The molecule has 2 aromatic rings. The number of hydrogen-bond acceptors (Lipinski definition) is 3. The van der Waals surface area contributed by atoms with Crippen LogP contribution in [-0.2, 0) is 6.42 Å². The van der Waals surface area contributed by atoms with Crippen molar-refractivity contribution < 1.29 is 4.74 Å². The van der Waals surface area contributed by atoms with Gasteiger partial charge in [0.2, 0.25) is 0 Å². The van der Waals surface area contributed by atoms with Crippen LogP contribution in [0.2, 0.25) is 10.0 Å². The quantitative estimate of drug-likeness (QED) is 0.562. The number of benzene rings is 1. The minimum absolute atomic E-state index is 0. The fourth-order valence-corrected chi connectivity index (χ4v) is 3.78. The van der Waals surface area contributed by atoms with Crippen LogP contribution in [0.4, 0.5) is 0 Å². The van der Waals surface area contributed by atoms with Crippen LogP contribution in [0, 0.1) is 0 Å². The molecule has 0 radical (unpaired) electrons. The lowest BCUT2D eigenvalue weighted by Gasteiger charge is -2.26. The van der Waals surface area contributed by atoms with Crippen molar-refractivity contribution in [1.29, 1.82) is 0 Å². The van der Waals surface area contributed by atoms with Gasteiger partial charge in [-0.05, 0) is 23.6 Å². The van der Waals surface area contributed by atoms with E-state index in [1.54, 1.807) is 19.5 Å². The van der Waals surface area contributed by atoms with Gasteiger partial charge in [-0.3, -0.25) is 9.98 Å². The fraction of sp³-hybridized carbons (Fsp3) is 0.368. The molecule has 0 spiro atoms. The molecule has 0 fully saturated rings. The molecule has 1 atom stereocenters. The molecule has 0 bridgehead atoms. The first-order valence-corrected chi connectivity index (χ1v) is 8.89. The molecule has 2 heterocycles. The lowest BCUT2D eigenvalue weighted by Crippen LogP contribution is -2.20. The Morgan fingerprint density at radius 3 is 2.46 bits per heavy atom. The normalized spacial score (nSPS) is 15.2. The number of pyridine rings is 1. The minimum atomic E-state index is 0. The van der Waals surface area contributed by atoms with E-state index in [4.69, 9.17) is 32.9 Å². The first kappa shape index (κ1) is 23.0. The van der Waals surface area contributed by atoms with E-state index in [9.17, 15) is 0 Å². The molecule has 1 aromatic heterocycles. The van der Waals surface area contributed by atoms with Crippen LogP contribution in [0.25, 0.3) is 0 Å². The van der Waals surface area contributed by atoms with E-state index >= 15 is 0 Å². The summed E-state index contributed by atoms with van der Waals surface area (Å²) in [5.41, 5.74) is 4.24. The second-order valence-electron chi connectivity index (χ2n) is 5.96. The molecule has 1 aliphatic rings. The number of methoxy groups -OCH3 is 1. The molecular weight excluding hydrogens is 414 g/mol. The largest absolute Gasteiger partial charge is 0.496 e. The van der Waals surface area contributed by atoms with Gasteiger partial charge in [0.15, 0.2) is 0 Å². The van der Waals surface area contributed by atoms with E-state index in [-0.39, 0.29) is 24.8 Å². The Balaban J connectivity index is 0.00000169. The lowest BCUT2D eigenvalue weighted by atomic mass is 9.84. The van der Waals surface area contributed by atoms with Crippen LogP contribution in [0.3, 0.4) is 0 Å². The van der Waals surface area contributed by atoms with Crippen LogP contribution in [0.1, 0.15) is 42.4 Å². The SMILES string of the molecule is CCCC1CN=C(Cc2c(Cl)cncc2Cl)c2c(OC)cccc21.Cl.Cl. The topological polar surface area (TPSA) is 34.5 Å². The molecule has 3 nitrogen and oxygen atoms in total. The van der Waals surface area contributed by atoms with Gasteiger partial charge in [-0.25, -0.2) is 0 Å². The summed E-state index contributed by atoms with van der Waals surface area (Å²) in [5.74, 6) is 1.29. The molecule has 0 amide bonds. The molecule has 1 unspecified atom stereocenters. The van der Waals surface area contributed by atoms with Gasteiger partial charge < -0.3 is 4.74 Å². The van der Waals surface area contributed by atoms with Crippen molar-refractivity contribution in [1.82, 2.24) is 4.98 Å². The second-order valence-corrected chi connectivity index (χ2v) is 6.77. The summed E-state index contributed by atoms with van der Waals surface area (Å²) in [6.45, 7) is 3.00. The van der Waals surface area contributed by atoms with Crippen molar-refractivity contribution in [2.24, 2.45) is 4.99 Å². The zero-order valence-corrected chi connectivity index (χ0v) is 17.8. The monoisotopic (exact) mass is 434 g/mol. The number of fused-ring (bicyclic) bond motifs is 1. The standard InChI is InChI=1S/C19H20Cl2N2O.2ClH/c1-3-5-12-9-23-17(8-14-15(20)10-22-11-16(14)21)19-13(12)6-4-7-18(19)24-2;;/h4,6-7,10-12H,3,5,8-9H2,1-2H3;2*1H. The van der Waals surface area contributed by atoms with Crippen molar-refractivity contribution >= 4 is 53.7 Å². The third kappa shape index (κ3) is 4.64. The van der Waals surface area contributed by atoms with Crippen molar-refractivity contribution in [3.05, 3.63) is 57.3 Å². The molecule has 0 N–H and O–H groups in total. The van der Waals surface area contributed by atoms with Gasteiger partial charge in [0.25, 0.3) is 0 Å². The van der Waals surface area contributed by atoms with E-state index in [0.717, 1.165) is 42.0 Å². The second kappa shape index (κ2) is 10.4. The van der Waals surface area contributed by atoms with Gasteiger partial charge in [0.05, 0.1) is 22.9 Å². The highest BCUT2D eigenvalue weighted by Crippen LogP contribution is 2.36. The number of aliphatic imine (C=N–C) groups is 1. The van der Waals surface area contributed by atoms with E-state index in [1.165, 1.54) is 5.56 Å². The van der Waals surface area contributed by atoms with Crippen LogP contribution < -0.4 is 4.74 Å². The molecule has 3 rings (SSSR count). The third-order valence-electron chi connectivity index (χ3n) is 4.44. The smallest absolute Gasteiger partial charge is 0.128 e. The zero-order valence-electron chi connectivity index (χ0n) is 14.7. The van der Waals surface area contributed by atoms with Crippen molar-refractivity contribution in [3.8, 4) is 5.75 Å². The maximum absolute atomic E-state index is 6.29. The van der Waals surface area contributed by atoms with Crippen molar-refractivity contribution in [2.75, 3.05) is 13.7 Å². The summed E-state index contributed by atoms with van der Waals surface area (Å²) in [6, 6.07) is 6.22. The molecule has 26 heavy (non-hydrogen) atoms.